The molecule has 0 saturated carbocycles. The third-order valence-electron chi connectivity index (χ3n) is 2.86. The summed E-state index contributed by atoms with van der Waals surface area (Å²) in [4.78, 5) is 36.5. The number of fused-ring (bicyclic) bond motifs is 1. The molecule has 6 heteroatoms. The molecule has 3 amide bonds. The zero-order valence-corrected chi connectivity index (χ0v) is 10.4. The molecule has 0 bridgehead atoms. The van der Waals surface area contributed by atoms with Crippen LogP contribution in [0.4, 0.5) is 0 Å². The predicted molar refractivity (Wildman–Crippen MR) is 66.5 cm³/mol. The van der Waals surface area contributed by atoms with E-state index in [1.807, 2.05) is 0 Å². The maximum Gasteiger partial charge on any atom is 0.262 e. The Balaban J connectivity index is 2.10. The third kappa shape index (κ3) is 2.48. The molecule has 0 unspecified atom stereocenters. The van der Waals surface area contributed by atoms with Gasteiger partial charge in [0.25, 0.3) is 11.8 Å². The van der Waals surface area contributed by atoms with Crippen molar-refractivity contribution < 1.29 is 19.5 Å². The van der Waals surface area contributed by atoms with E-state index in [0.717, 1.165) is 4.90 Å². The van der Waals surface area contributed by atoms with E-state index < -0.39 is 23.8 Å². The van der Waals surface area contributed by atoms with Crippen molar-refractivity contribution in [2.45, 2.75) is 13.0 Å². The van der Waals surface area contributed by atoms with Gasteiger partial charge in [0, 0.05) is 6.04 Å². The number of benzene rings is 1. The molecule has 19 heavy (non-hydrogen) atoms. The van der Waals surface area contributed by atoms with Crippen molar-refractivity contribution in [3.05, 3.63) is 35.4 Å². The Morgan fingerprint density at radius 1 is 1.26 bits per heavy atom. The number of amides is 3. The molecule has 1 aromatic carbocycles. The number of imide groups is 1. The molecule has 0 aromatic heterocycles. The van der Waals surface area contributed by atoms with Crippen LogP contribution in [-0.2, 0) is 4.79 Å². The standard InChI is InChI=1S/C13H14N2O4/c1-8(7-16)14-11(17)6-15-12(18)9-4-2-3-5-10(9)13(15)19/h2-5,8,16H,6-7H2,1H3,(H,14,17)/t8-/m0/s1. The number of nitrogens with zero attached hydrogens (tertiary/aromatic N) is 1. The van der Waals surface area contributed by atoms with Crippen molar-refractivity contribution in [3.8, 4) is 0 Å². The predicted octanol–water partition coefficient (Wildman–Crippen LogP) is -0.220. The first kappa shape index (κ1) is 13.2. The molecule has 1 heterocycles. The molecule has 1 aliphatic heterocycles. The lowest BCUT2D eigenvalue weighted by molar-refractivity contribution is -0.122. The lowest BCUT2D eigenvalue weighted by Gasteiger charge is -2.15. The number of aliphatic hydroxyl groups excluding tert-OH is 1. The monoisotopic (exact) mass is 262 g/mol. The molecular weight excluding hydrogens is 248 g/mol. The number of aliphatic hydroxyl groups is 1. The molecule has 0 fully saturated rings. The van der Waals surface area contributed by atoms with Gasteiger partial charge in [0.05, 0.1) is 17.7 Å². The summed E-state index contributed by atoms with van der Waals surface area (Å²) in [5.41, 5.74) is 0.631. The normalized spacial score (nSPS) is 15.4. The van der Waals surface area contributed by atoms with Gasteiger partial charge in [0.2, 0.25) is 5.91 Å². The molecule has 100 valence electrons. The first-order chi connectivity index (χ1) is 9.04. The van der Waals surface area contributed by atoms with Crippen LogP contribution in [0.1, 0.15) is 27.6 Å². The average Bonchev–Trinajstić information content (AvgIpc) is 2.64. The smallest absolute Gasteiger partial charge is 0.262 e. The van der Waals surface area contributed by atoms with E-state index in [2.05, 4.69) is 5.32 Å². The molecule has 1 aromatic rings. The number of nitrogens with one attached hydrogen (secondary N) is 1. The Hall–Kier alpha value is -2.21. The number of carbonyl (C=O) groups is 3. The minimum absolute atomic E-state index is 0.201. The number of hydrogen-bond acceptors (Lipinski definition) is 4. The van der Waals surface area contributed by atoms with Crippen LogP contribution in [0.3, 0.4) is 0 Å². The maximum absolute atomic E-state index is 12.0. The second-order valence-corrected chi connectivity index (χ2v) is 4.39. The second-order valence-electron chi connectivity index (χ2n) is 4.39. The molecule has 2 rings (SSSR count). The van der Waals surface area contributed by atoms with Crippen molar-refractivity contribution in [2.75, 3.05) is 13.2 Å². The van der Waals surface area contributed by atoms with Gasteiger partial charge in [-0.05, 0) is 19.1 Å². The fraction of sp³-hybridized carbons (Fsp3) is 0.308. The maximum atomic E-state index is 12.0. The molecule has 2 N–H and O–H groups in total. The summed E-state index contributed by atoms with van der Waals surface area (Å²) in [7, 11) is 0. The van der Waals surface area contributed by atoms with Crippen LogP contribution in [0.25, 0.3) is 0 Å². The van der Waals surface area contributed by atoms with Gasteiger partial charge in [0.1, 0.15) is 6.54 Å². The highest BCUT2D eigenvalue weighted by Crippen LogP contribution is 2.21. The van der Waals surface area contributed by atoms with Crippen LogP contribution < -0.4 is 5.32 Å². The Kier molecular flexibility index (Phi) is 3.62. The van der Waals surface area contributed by atoms with Crippen molar-refractivity contribution >= 4 is 17.7 Å². The minimum Gasteiger partial charge on any atom is -0.394 e. The topological polar surface area (TPSA) is 86.7 Å². The van der Waals surface area contributed by atoms with E-state index in [4.69, 9.17) is 5.11 Å². The van der Waals surface area contributed by atoms with Gasteiger partial charge < -0.3 is 10.4 Å². The Labute approximate surface area is 110 Å². The summed E-state index contributed by atoms with van der Waals surface area (Å²) in [6.45, 7) is 1.09. The van der Waals surface area contributed by atoms with Gasteiger partial charge in [-0.3, -0.25) is 19.3 Å². The molecule has 0 aliphatic carbocycles. The van der Waals surface area contributed by atoms with Gasteiger partial charge in [-0.2, -0.15) is 0 Å². The molecule has 6 nitrogen and oxygen atoms in total. The summed E-state index contributed by atoms with van der Waals surface area (Å²) >= 11 is 0. The van der Waals surface area contributed by atoms with E-state index in [0.29, 0.717) is 11.1 Å². The highest BCUT2D eigenvalue weighted by molar-refractivity contribution is 6.22. The quantitative estimate of drug-likeness (QED) is 0.734. The number of hydrogen-bond donors (Lipinski definition) is 2. The van der Waals surface area contributed by atoms with Crippen molar-refractivity contribution in [3.63, 3.8) is 0 Å². The summed E-state index contributed by atoms with van der Waals surface area (Å²) < 4.78 is 0. The van der Waals surface area contributed by atoms with Gasteiger partial charge in [-0.25, -0.2) is 0 Å². The molecule has 0 saturated heterocycles. The SMILES string of the molecule is C[C@@H](CO)NC(=O)CN1C(=O)c2ccccc2C1=O. The van der Waals surface area contributed by atoms with Gasteiger partial charge in [0.15, 0.2) is 0 Å². The number of carbonyl (C=O) groups excluding carboxylic acids is 3. The highest BCUT2D eigenvalue weighted by Gasteiger charge is 2.36. The minimum atomic E-state index is -0.476. The van der Waals surface area contributed by atoms with Crippen LogP contribution >= 0.6 is 0 Å². The summed E-state index contributed by atoms with van der Waals surface area (Å²) in [6.07, 6.45) is 0. The van der Waals surface area contributed by atoms with Crippen molar-refractivity contribution in [1.29, 1.82) is 0 Å². The van der Waals surface area contributed by atoms with Crippen LogP contribution in [0.5, 0.6) is 0 Å². The van der Waals surface area contributed by atoms with E-state index in [1.54, 1.807) is 31.2 Å². The molecular formula is C13H14N2O4. The van der Waals surface area contributed by atoms with Gasteiger partial charge >= 0.3 is 0 Å². The van der Waals surface area contributed by atoms with Crippen LogP contribution in [0, 0.1) is 0 Å². The summed E-state index contributed by atoms with van der Waals surface area (Å²) in [5.74, 6) is -1.41. The fourth-order valence-electron chi connectivity index (χ4n) is 1.89. The Morgan fingerprint density at radius 3 is 2.26 bits per heavy atom. The molecule has 1 aliphatic rings. The molecule has 0 radical (unpaired) electrons. The Morgan fingerprint density at radius 2 is 1.79 bits per heavy atom. The second kappa shape index (κ2) is 5.19. The summed E-state index contributed by atoms with van der Waals surface area (Å²) in [5, 5.41) is 11.3. The first-order valence-corrected chi connectivity index (χ1v) is 5.90. The Bertz CT molecular complexity index is 506. The van der Waals surface area contributed by atoms with Gasteiger partial charge in [-0.15, -0.1) is 0 Å². The van der Waals surface area contributed by atoms with Crippen LogP contribution in [0.15, 0.2) is 24.3 Å². The highest BCUT2D eigenvalue weighted by atomic mass is 16.3. The zero-order valence-electron chi connectivity index (χ0n) is 10.4. The average molecular weight is 262 g/mol. The lowest BCUT2D eigenvalue weighted by atomic mass is 10.1. The first-order valence-electron chi connectivity index (χ1n) is 5.90. The lowest BCUT2D eigenvalue weighted by Crippen LogP contribution is -2.44. The van der Waals surface area contributed by atoms with E-state index in [9.17, 15) is 14.4 Å². The molecule has 0 spiro atoms. The zero-order chi connectivity index (χ0) is 14.0. The van der Waals surface area contributed by atoms with E-state index in [1.165, 1.54) is 0 Å². The fourth-order valence-corrected chi connectivity index (χ4v) is 1.89. The van der Waals surface area contributed by atoms with E-state index >= 15 is 0 Å². The van der Waals surface area contributed by atoms with E-state index in [-0.39, 0.29) is 13.2 Å². The van der Waals surface area contributed by atoms with Gasteiger partial charge in [-0.1, -0.05) is 12.1 Å². The number of rotatable bonds is 4. The molecule has 1 atom stereocenters. The summed E-state index contributed by atoms with van der Waals surface area (Å²) in [6, 6.07) is 6.04. The largest absolute Gasteiger partial charge is 0.394 e. The van der Waals surface area contributed by atoms with Crippen LogP contribution in [-0.4, -0.2) is 46.9 Å². The third-order valence-corrected chi connectivity index (χ3v) is 2.86. The van der Waals surface area contributed by atoms with Crippen LogP contribution in [0.2, 0.25) is 0 Å². The van der Waals surface area contributed by atoms with Crippen molar-refractivity contribution in [1.82, 2.24) is 10.2 Å². The van der Waals surface area contributed by atoms with Crippen molar-refractivity contribution in [2.24, 2.45) is 0 Å².